The minimum atomic E-state index is -3.95. The van der Waals surface area contributed by atoms with Crippen LogP contribution in [0.1, 0.15) is 36.1 Å². The first-order chi connectivity index (χ1) is 12.4. The number of carbonyl (C=O) groups excluding carboxylic acids is 1. The standard InChI is InChI=1S/C17H17N3O4S2/c1-3-7-16(21)24-15-11-25-17(19-15)20-26(22,23)14(4-2)13-9-6-5-8-12(13)10-18/h4-6,8-9,11,14H,2-3,7H2,1H3,(H,19,20). The molecule has 1 aromatic heterocycles. The van der Waals surface area contributed by atoms with Gasteiger partial charge in [-0.05, 0) is 18.1 Å². The molecule has 1 unspecified atom stereocenters. The average Bonchev–Trinajstić information content (AvgIpc) is 3.01. The zero-order valence-electron chi connectivity index (χ0n) is 14.0. The highest BCUT2D eigenvalue weighted by Gasteiger charge is 2.27. The van der Waals surface area contributed by atoms with E-state index < -0.39 is 21.2 Å². The first-order valence-corrected chi connectivity index (χ1v) is 10.1. The summed E-state index contributed by atoms with van der Waals surface area (Å²) in [5.41, 5.74) is 0.569. The van der Waals surface area contributed by atoms with Gasteiger partial charge in [-0.2, -0.15) is 10.2 Å². The zero-order chi connectivity index (χ0) is 19.2. The van der Waals surface area contributed by atoms with E-state index in [2.05, 4.69) is 16.3 Å². The van der Waals surface area contributed by atoms with Gasteiger partial charge in [-0.25, -0.2) is 8.42 Å². The van der Waals surface area contributed by atoms with Crippen LogP contribution in [-0.2, 0) is 14.8 Å². The molecule has 0 aliphatic rings. The molecular weight excluding hydrogens is 374 g/mol. The number of hydrogen-bond acceptors (Lipinski definition) is 7. The summed E-state index contributed by atoms with van der Waals surface area (Å²) in [5.74, 6) is -0.391. The van der Waals surface area contributed by atoms with Gasteiger partial charge in [-0.3, -0.25) is 9.52 Å². The van der Waals surface area contributed by atoms with Gasteiger partial charge in [0.05, 0.1) is 17.0 Å². The molecule has 9 heteroatoms. The van der Waals surface area contributed by atoms with Crippen LogP contribution in [0.4, 0.5) is 5.13 Å². The van der Waals surface area contributed by atoms with Gasteiger partial charge in [0.2, 0.25) is 15.9 Å². The van der Waals surface area contributed by atoms with E-state index in [-0.39, 0.29) is 23.0 Å². The number of esters is 1. The molecule has 136 valence electrons. The van der Waals surface area contributed by atoms with E-state index in [1.165, 1.54) is 17.5 Å². The number of aromatic nitrogens is 1. The van der Waals surface area contributed by atoms with Crippen LogP contribution in [0.25, 0.3) is 0 Å². The van der Waals surface area contributed by atoms with Crippen LogP contribution in [-0.4, -0.2) is 19.4 Å². The lowest BCUT2D eigenvalue weighted by Gasteiger charge is -2.15. The monoisotopic (exact) mass is 391 g/mol. The Balaban J connectivity index is 2.22. The van der Waals surface area contributed by atoms with Crippen molar-refractivity contribution >= 4 is 32.5 Å². The average molecular weight is 391 g/mol. The molecule has 1 heterocycles. The molecule has 0 spiro atoms. The first-order valence-electron chi connectivity index (χ1n) is 7.70. The van der Waals surface area contributed by atoms with Crippen LogP contribution >= 0.6 is 11.3 Å². The zero-order valence-corrected chi connectivity index (χ0v) is 15.6. The molecule has 1 aromatic carbocycles. The molecule has 1 N–H and O–H groups in total. The normalized spacial score (nSPS) is 12.0. The number of rotatable bonds is 8. The molecule has 0 saturated heterocycles. The largest absolute Gasteiger partial charge is 0.406 e. The van der Waals surface area contributed by atoms with Crippen molar-refractivity contribution in [2.45, 2.75) is 25.0 Å². The molecule has 0 bridgehead atoms. The second-order valence-electron chi connectivity index (χ2n) is 5.22. The number of carbonyl (C=O) groups is 1. The highest BCUT2D eigenvalue weighted by Crippen LogP contribution is 2.30. The summed E-state index contributed by atoms with van der Waals surface area (Å²) in [5, 5.41) is 9.56. The molecule has 0 radical (unpaired) electrons. The van der Waals surface area contributed by atoms with E-state index in [0.717, 1.165) is 11.3 Å². The Morgan fingerprint density at radius 1 is 1.50 bits per heavy atom. The fraction of sp³-hybridized carbons (Fsp3) is 0.235. The highest BCUT2D eigenvalue weighted by atomic mass is 32.2. The molecule has 0 aliphatic heterocycles. The molecule has 2 aromatic rings. The second kappa shape index (κ2) is 8.60. The summed E-state index contributed by atoms with van der Waals surface area (Å²) >= 11 is 0.992. The summed E-state index contributed by atoms with van der Waals surface area (Å²) in [4.78, 5) is 15.4. The number of thiazole rings is 1. The van der Waals surface area contributed by atoms with Gasteiger partial charge in [-0.15, -0.1) is 17.9 Å². The van der Waals surface area contributed by atoms with Crippen molar-refractivity contribution in [2.24, 2.45) is 0 Å². The van der Waals surface area contributed by atoms with Crippen molar-refractivity contribution in [1.82, 2.24) is 4.98 Å². The van der Waals surface area contributed by atoms with Gasteiger partial charge in [0.25, 0.3) is 0 Å². The number of benzene rings is 1. The number of sulfonamides is 1. The van der Waals surface area contributed by atoms with E-state index in [0.29, 0.717) is 12.0 Å². The Kier molecular flexibility index (Phi) is 6.49. The summed E-state index contributed by atoms with van der Waals surface area (Å²) in [6, 6.07) is 8.37. The van der Waals surface area contributed by atoms with Crippen LogP contribution in [0, 0.1) is 11.3 Å². The fourth-order valence-corrected chi connectivity index (χ4v) is 4.38. The highest BCUT2D eigenvalue weighted by molar-refractivity contribution is 7.93. The summed E-state index contributed by atoms with van der Waals surface area (Å²) in [6.45, 7) is 5.41. The van der Waals surface area contributed by atoms with Gasteiger partial charge in [0, 0.05) is 6.42 Å². The van der Waals surface area contributed by atoms with Gasteiger partial charge in [0.1, 0.15) is 5.25 Å². The molecule has 0 fully saturated rings. The summed E-state index contributed by atoms with van der Waals surface area (Å²) < 4.78 is 32.8. The smallest absolute Gasteiger partial charge is 0.312 e. The molecular formula is C17H17N3O4S2. The molecule has 2 rings (SSSR count). The maximum Gasteiger partial charge on any atom is 0.312 e. The van der Waals surface area contributed by atoms with Crippen molar-refractivity contribution in [1.29, 1.82) is 5.26 Å². The Bertz CT molecular complexity index is 945. The second-order valence-corrected chi connectivity index (χ2v) is 7.88. The number of anilines is 1. The van der Waals surface area contributed by atoms with Gasteiger partial charge >= 0.3 is 5.97 Å². The lowest BCUT2D eigenvalue weighted by Crippen LogP contribution is -2.20. The van der Waals surface area contributed by atoms with Crippen LogP contribution in [0.2, 0.25) is 0 Å². The molecule has 26 heavy (non-hydrogen) atoms. The van der Waals surface area contributed by atoms with E-state index in [4.69, 9.17) is 4.74 Å². The molecule has 1 atom stereocenters. The predicted molar refractivity (Wildman–Crippen MR) is 99.3 cm³/mol. The van der Waals surface area contributed by atoms with Crippen LogP contribution in [0.15, 0.2) is 42.3 Å². The van der Waals surface area contributed by atoms with Crippen molar-refractivity contribution in [3.63, 3.8) is 0 Å². The van der Waals surface area contributed by atoms with Gasteiger partial charge < -0.3 is 4.74 Å². The van der Waals surface area contributed by atoms with E-state index in [9.17, 15) is 18.5 Å². The number of hydrogen-bond donors (Lipinski definition) is 1. The summed E-state index contributed by atoms with van der Waals surface area (Å²) in [6.07, 6.45) is 2.14. The number of nitrogens with zero attached hydrogens (tertiary/aromatic N) is 2. The minimum absolute atomic E-state index is 0.0405. The van der Waals surface area contributed by atoms with E-state index >= 15 is 0 Å². The molecule has 0 amide bonds. The minimum Gasteiger partial charge on any atom is -0.406 e. The molecule has 7 nitrogen and oxygen atoms in total. The molecule has 0 saturated carbocycles. The third kappa shape index (κ3) is 4.68. The van der Waals surface area contributed by atoms with Crippen molar-refractivity contribution in [3.05, 3.63) is 53.4 Å². The lowest BCUT2D eigenvalue weighted by molar-refractivity contribution is -0.134. The van der Waals surface area contributed by atoms with E-state index in [1.54, 1.807) is 18.2 Å². The Morgan fingerprint density at radius 2 is 2.23 bits per heavy atom. The fourth-order valence-electron chi connectivity index (χ4n) is 2.18. The topological polar surface area (TPSA) is 109 Å². The van der Waals surface area contributed by atoms with E-state index in [1.807, 2.05) is 13.0 Å². The Hall–Kier alpha value is -2.70. The SMILES string of the molecule is C=CC(c1ccccc1C#N)S(=O)(=O)Nc1nc(OC(=O)CCC)cs1. The predicted octanol–water partition coefficient (Wildman–Crippen LogP) is 3.39. The van der Waals surface area contributed by atoms with Crippen molar-refractivity contribution < 1.29 is 17.9 Å². The number of nitrogens with one attached hydrogen (secondary N) is 1. The van der Waals surface area contributed by atoms with Crippen molar-refractivity contribution in [3.8, 4) is 11.9 Å². The Morgan fingerprint density at radius 3 is 2.88 bits per heavy atom. The number of nitriles is 1. The van der Waals surface area contributed by atoms with Crippen LogP contribution in [0.5, 0.6) is 5.88 Å². The van der Waals surface area contributed by atoms with Crippen LogP contribution < -0.4 is 9.46 Å². The lowest BCUT2D eigenvalue weighted by atomic mass is 10.1. The number of ether oxygens (including phenoxy) is 1. The third-order valence-corrected chi connectivity index (χ3v) is 5.78. The Labute approximate surface area is 156 Å². The quantitative estimate of drug-likeness (QED) is 0.546. The maximum atomic E-state index is 12.7. The van der Waals surface area contributed by atoms with Crippen LogP contribution in [0.3, 0.4) is 0 Å². The molecule has 0 aliphatic carbocycles. The van der Waals surface area contributed by atoms with Gasteiger partial charge in [0.15, 0.2) is 5.13 Å². The van der Waals surface area contributed by atoms with Gasteiger partial charge in [-0.1, -0.05) is 31.2 Å². The third-order valence-electron chi connectivity index (χ3n) is 3.32. The first kappa shape index (κ1) is 19.6. The van der Waals surface area contributed by atoms with Crippen molar-refractivity contribution in [2.75, 3.05) is 4.72 Å². The maximum absolute atomic E-state index is 12.7. The summed E-state index contributed by atoms with van der Waals surface area (Å²) in [7, 11) is -3.95.